The van der Waals surface area contributed by atoms with Crippen LogP contribution in [0.15, 0.2) is 0 Å². The first kappa shape index (κ1) is 14.8. The summed E-state index contributed by atoms with van der Waals surface area (Å²) in [4.78, 5) is 10.6. The molecule has 2 heterocycles. The van der Waals surface area contributed by atoms with E-state index in [4.69, 9.17) is 5.73 Å². The van der Waals surface area contributed by atoms with Crippen molar-refractivity contribution in [3.05, 3.63) is 10.6 Å². The van der Waals surface area contributed by atoms with Crippen LogP contribution >= 0.6 is 11.3 Å². The number of rotatable bonds is 4. The molecule has 1 aromatic rings. The van der Waals surface area contributed by atoms with Crippen LogP contribution in [0.5, 0.6) is 0 Å². The first-order chi connectivity index (χ1) is 8.97. The molecule has 1 aromatic heterocycles. The SMILES string of the molecule is Cc1nc(N(C)CC2CCN(C)CC2)sc1C(C)N. The van der Waals surface area contributed by atoms with Crippen molar-refractivity contribution in [2.45, 2.75) is 32.7 Å². The Morgan fingerprint density at radius 1 is 1.47 bits per heavy atom. The van der Waals surface area contributed by atoms with Crippen LogP contribution in [0.3, 0.4) is 0 Å². The number of anilines is 1. The maximum absolute atomic E-state index is 5.97. The summed E-state index contributed by atoms with van der Waals surface area (Å²) in [5.74, 6) is 0.796. The summed E-state index contributed by atoms with van der Waals surface area (Å²) in [6.45, 7) is 7.64. The molecule has 0 bridgehead atoms. The molecule has 0 amide bonds. The van der Waals surface area contributed by atoms with Gasteiger partial charge in [0.25, 0.3) is 0 Å². The molecule has 1 aliphatic heterocycles. The fraction of sp³-hybridized carbons (Fsp3) is 0.786. The monoisotopic (exact) mass is 282 g/mol. The molecule has 1 atom stereocenters. The van der Waals surface area contributed by atoms with E-state index in [0.29, 0.717) is 0 Å². The zero-order valence-electron chi connectivity index (χ0n) is 12.5. The van der Waals surface area contributed by atoms with Crippen LogP contribution in [0.1, 0.15) is 36.4 Å². The number of hydrogen-bond acceptors (Lipinski definition) is 5. The Morgan fingerprint density at radius 2 is 2.11 bits per heavy atom. The summed E-state index contributed by atoms with van der Waals surface area (Å²) in [7, 11) is 4.36. The molecule has 1 saturated heterocycles. The molecule has 19 heavy (non-hydrogen) atoms. The topological polar surface area (TPSA) is 45.4 Å². The van der Waals surface area contributed by atoms with Gasteiger partial charge in [-0.2, -0.15) is 0 Å². The molecule has 2 rings (SSSR count). The molecule has 1 aliphatic rings. The zero-order valence-corrected chi connectivity index (χ0v) is 13.3. The predicted molar refractivity (Wildman–Crippen MR) is 82.9 cm³/mol. The van der Waals surface area contributed by atoms with E-state index in [1.807, 2.05) is 6.92 Å². The Kier molecular flexibility index (Phi) is 4.81. The van der Waals surface area contributed by atoms with Crippen molar-refractivity contribution in [3.63, 3.8) is 0 Å². The van der Waals surface area contributed by atoms with Crippen LogP contribution in [0, 0.1) is 12.8 Å². The fourth-order valence-corrected chi connectivity index (χ4v) is 3.68. The first-order valence-corrected chi connectivity index (χ1v) is 7.91. The molecule has 0 saturated carbocycles. The minimum atomic E-state index is 0.0861. The lowest BCUT2D eigenvalue weighted by molar-refractivity contribution is 0.222. The Hall–Kier alpha value is -0.650. The number of likely N-dealkylation sites (tertiary alicyclic amines) is 1. The quantitative estimate of drug-likeness (QED) is 0.920. The average Bonchev–Trinajstić information content (AvgIpc) is 2.74. The van der Waals surface area contributed by atoms with Crippen molar-refractivity contribution in [2.75, 3.05) is 38.6 Å². The van der Waals surface area contributed by atoms with Gasteiger partial charge >= 0.3 is 0 Å². The molecular formula is C14H26N4S. The Balaban J connectivity index is 1.96. The normalized spacial score (nSPS) is 19.6. The molecule has 4 nitrogen and oxygen atoms in total. The van der Waals surface area contributed by atoms with Crippen LogP contribution in [0.25, 0.3) is 0 Å². The molecule has 2 N–H and O–H groups in total. The van der Waals surface area contributed by atoms with Gasteiger partial charge in [0, 0.05) is 24.5 Å². The Morgan fingerprint density at radius 3 is 2.63 bits per heavy atom. The van der Waals surface area contributed by atoms with E-state index < -0.39 is 0 Å². The van der Waals surface area contributed by atoms with E-state index in [9.17, 15) is 0 Å². The minimum Gasteiger partial charge on any atom is -0.351 e. The van der Waals surface area contributed by atoms with Crippen molar-refractivity contribution >= 4 is 16.5 Å². The highest BCUT2D eigenvalue weighted by molar-refractivity contribution is 7.15. The lowest BCUT2D eigenvalue weighted by Gasteiger charge is -2.31. The third-order valence-electron chi connectivity index (χ3n) is 3.93. The third kappa shape index (κ3) is 3.68. The van der Waals surface area contributed by atoms with Crippen molar-refractivity contribution < 1.29 is 0 Å². The zero-order chi connectivity index (χ0) is 14.0. The van der Waals surface area contributed by atoms with Crippen LogP contribution < -0.4 is 10.6 Å². The second-order valence-electron chi connectivity index (χ2n) is 5.86. The van der Waals surface area contributed by atoms with Crippen LogP contribution in [-0.2, 0) is 0 Å². The van der Waals surface area contributed by atoms with E-state index in [0.717, 1.165) is 23.3 Å². The smallest absolute Gasteiger partial charge is 0.185 e. The van der Waals surface area contributed by atoms with Gasteiger partial charge in [0.15, 0.2) is 5.13 Å². The molecule has 0 spiro atoms. The van der Waals surface area contributed by atoms with Crippen LogP contribution in [0.4, 0.5) is 5.13 Å². The average molecular weight is 282 g/mol. The predicted octanol–water partition coefficient (Wildman–Crippen LogP) is 2.25. The molecular weight excluding hydrogens is 256 g/mol. The fourth-order valence-electron chi connectivity index (χ4n) is 2.69. The number of aromatic nitrogens is 1. The minimum absolute atomic E-state index is 0.0861. The van der Waals surface area contributed by atoms with Gasteiger partial charge in [-0.05, 0) is 52.7 Å². The number of nitrogens with zero attached hydrogens (tertiary/aromatic N) is 3. The van der Waals surface area contributed by atoms with E-state index in [1.54, 1.807) is 11.3 Å². The second-order valence-corrected chi connectivity index (χ2v) is 6.87. The highest BCUT2D eigenvalue weighted by atomic mass is 32.1. The summed E-state index contributed by atoms with van der Waals surface area (Å²) in [6, 6.07) is 0.0861. The van der Waals surface area contributed by atoms with Crippen molar-refractivity contribution in [1.29, 1.82) is 0 Å². The summed E-state index contributed by atoms with van der Waals surface area (Å²) >= 11 is 1.74. The molecule has 1 unspecified atom stereocenters. The van der Waals surface area contributed by atoms with Crippen molar-refractivity contribution in [1.82, 2.24) is 9.88 Å². The van der Waals surface area contributed by atoms with Gasteiger partial charge in [0.1, 0.15) is 0 Å². The van der Waals surface area contributed by atoms with Crippen LogP contribution in [-0.4, -0.2) is 43.6 Å². The van der Waals surface area contributed by atoms with Gasteiger partial charge in [-0.1, -0.05) is 0 Å². The maximum atomic E-state index is 5.97. The van der Waals surface area contributed by atoms with Gasteiger partial charge in [-0.25, -0.2) is 4.98 Å². The Bertz CT molecular complexity index is 408. The lowest BCUT2D eigenvalue weighted by atomic mass is 9.97. The number of aryl methyl sites for hydroxylation is 1. The van der Waals surface area contributed by atoms with Crippen LogP contribution in [0.2, 0.25) is 0 Å². The van der Waals surface area contributed by atoms with E-state index in [2.05, 4.69) is 35.8 Å². The molecule has 0 aliphatic carbocycles. The molecule has 108 valence electrons. The standard InChI is InChI=1S/C14H26N4S/c1-10(15)13-11(2)16-14(19-13)18(4)9-12-5-7-17(3)8-6-12/h10,12H,5-9,15H2,1-4H3. The second kappa shape index (κ2) is 6.20. The number of thiazole rings is 1. The van der Waals surface area contributed by atoms with Crippen molar-refractivity contribution in [3.8, 4) is 0 Å². The number of nitrogens with two attached hydrogens (primary N) is 1. The largest absolute Gasteiger partial charge is 0.351 e. The lowest BCUT2D eigenvalue weighted by Crippen LogP contribution is -2.35. The highest BCUT2D eigenvalue weighted by Crippen LogP contribution is 2.30. The number of hydrogen-bond donors (Lipinski definition) is 1. The van der Waals surface area contributed by atoms with Crippen molar-refractivity contribution in [2.24, 2.45) is 11.7 Å². The summed E-state index contributed by atoms with van der Waals surface area (Å²) < 4.78 is 0. The van der Waals surface area contributed by atoms with Gasteiger partial charge in [-0.15, -0.1) is 11.3 Å². The maximum Gasteiger partial charge on any atom is 0.185 e. The van der Waals surface area contributed by atoms with Gasteiger partial charge in [-0.3, -0.25) is 0 Å². The highest BCUT2D eigenvalue weighted by Gasteiger charge is 2.20. The molecule has 0 aromatic carbocycles. The molecule has 0 radical (unpaired) electrons. The number of piperidine rings is 1. The third-order valence-corrected chi connectivity index (χ3v) is 5.40. The summed E-state index contributed by atoms with van der Waals surface area (Å²) in [5.41, 5.74) is 7.06. The van der Waals surface area contributed by atoms with Gasteiger partial charge in [0.2, 0.25) is 0 Å². The molecule has 1 fully saturated rings. The van der Waals surface area contributed by atoms with E-state index in [1.165, 1.54) is 30.8 Å². The van der Waals surface area contributed by atoms with E-state index in [-0.39, 0.29) is 6.04 Å². The molecule has 5 heteroatoms. The Labute approximate surface area is 120 Å². The van der Waals surface area contributed by atoms with E-state index >= 15 is 0 Å². The van der Waals surface area contributed by atoms with Gasteiger partial charge in [0.05, 0.1) is 5.69 Å². The summed E-state index contributed by atoms with van der Waals surface area (Å²) in [6.07, 6.45) is 2.59. The van der Waals surface area contributed by atoms with Gasteiger partial charge < -0.3 is 15.5 Å². The first-order valence-electron chi connectivity index (χ1n) is 7.10. The summed E-state index contributed by atoms with van der Waals surface area (Å²) in [5, 5.41) is 1.11.